The van der Waals surface area contributed by atoms with Crippen LogP contribution in [0, 0.1) is 30.1 Å². The van der Waals surface area contributed by atoms with Crippen LogP contribution in [0.15, 0.2) is 24.3 Å². The van der Waals surface area contributed by atoms with Gasteiger partial charge in [-0.3, -0.25) is 0 Å². The summed E-state index contributed by atoms with van der Waals surface area (Å²) in [7, 11) is 0. The van der Waals surface area contributed by atoms with Crippen LogP contribution < -0.4 is 0 Å². The summed E-state index contributed by atoms with van der Waals surface area (Å²) in [6.45, 7) is 4.32. The Labute approximate surface area is 69.0 Å². The predicted octanol–water partition coefficient (Wildman–Crippen LogP) is 2.67. The molecule has 0 aromatic carbocycles. The lowest BCUT2D eigenvalue weighted by molar-refractivity contribution is 1.08. The lowest BCUT2D eigenvalue weighted by atomic mass is 9.85. The molecule has 0 aromatic rings. The standard InChI is InChI=1S/C11H11/c1-8-7-9(2)11-6-4-3-5-10(8)11/h3-7H,1-2H3. The van der Waals surface area contributed by atoms with Gasteiger partial charge in [0.15, 0.2) is 0 Å². The smallest absolute Gasteiger partial charge is 0.0158 e. The van der Waals surface area contributed by atoms with Gasteiger partial charge in [-0.1, -0.05) is 38.2 Å². The van der Waals surface area contributed by atoms with Gasteiger partial charge < -0.3 is 0 Å². The second kappa shape index (κ2) is 2.51. The minimum Gasteiger partial charge on any atom is -0.0759 e. The Morgan fingerprint density at radius 2 is 1.27 bits per heavy atom. The van der Waals surface area contributed by atoms with E-state index in [1.165, 1.54) is 23.7 Å². The van der Waals surface area contributed by atoms with E-state index in [0.717, 1.165) is 0 Å². The molecule has 2 rings (SSSR count). The van der Waals surface area contributed by atoms with Crippen LogP contribution in [0.25, 0.3) is 0 Å². The third-order valence-electron chi connectivity index (χ3n) is 2.21. The number of allylic oxidation sites excluding steroid dienone is 4. The number of hydrogen-bond donors (Lipinski definition) is 0. The highest BCUT2D eigenvalue weighted by Gasteiger charge is 2.38. The molecule has 0 N–H and O–H groups in total. The summed E-state index contributed by atoms with van der Waals surface area (Å²) >= 11 is 0. The van der Waals surface area contributed by atoms with Gasteiger partial charge in [0.2, 0.25) is 0 Å². The van der Waals surface area contributed by atoms with Crippen molar-refractivity contribution in [3.63, 3.8) is 0 Å². The molecule has 2 aliphatic carbocycles. The molecule has 0 bridgehead atoms. The first-order chi connectivity index (χ1) is 5.29. The maximum Gasteiger partial charge on any atom is 0.0158 e. The summed E-state index contributed by atoms with van der Waals surface area (Å²) in [4.78, 5) is 0. The van der Waals surface area contributed by atoms with E-state index in [2.05, 4.69) is 44.6 Å². The van der Waals surface area contributed by atoms with Crippen molar-refractivity contribution < 1.29 is 0 Å². The van der Waals surface area contributed by atoms with Crippen LogP contribution in [0.2, 0.25) is 0 Å². The summed E-state index contributed by atoms with van der Waals surface area (Å²) in [6, 6.07) is 0. The van der Waals surface area contributed by atoms with Gasteiger partial charge in [0.1, 0.15) is 0 Å². The van der Waals surface area contributed by atoms with Crippen molar-refractivity contribution in [2.45, 2.75) is 13.8 Å². The average Bonchev–Trinajstić information content (AvgIpc) is 2.30. The Balaban J connectivity index is 2.23. The van der Waals surface area contributed by atoms with Crippen molar-refractivity contribution >= 4 is 0 Å². The Morgan fingerprint density at radius 3 is 1.73 bits per heavy atom. The summed E-state index contributed by atoms with van der Waals surface area (Å²) in [5, 5.41) is 0. The molecule has 0 saturated heterocycles. The van der Waals surface area contributed by atoms with E-state index in [1.807, 2.05) is 0 Å². The molecule has 55 valence electrons. The van der Waals surface area contributed by atoms with Gasteiger partial charge in [0.25, 0.3) is 0 Å². The third-order valence-corrected chi connectivity index (χ3v) is 2.21. The molecule has 0 heteroatoms. The first-order valence-corrected chi connectivity index (χ1v) is 3.90. The van der Waals surface area contributed by atoms with E-state index in [9.17, 15) is 0 Å². The molecule has 0 aliphatic heterocycles. The molecule has 5 radical (unpaired) electrons. The van der Waals surface area contributed by atoms with Crippen molar-refractivity contribution in [1.82, 2.24) is 0 Å². The fraction of sp³-hybridized carbons (Fsp3) is 0.182. The highest BCUT2D eigenvalue weighted by atomic mass is 14.4. The van der Waals surface area contributed by atoms with E-state index >= 15 is 0 Å². The van der Waals surface area contributed by atoms with Crippen LogP contribution in [0.5, 0.6) is 0 Å². The van der Waals surface area contributed by atoms with Gasteiger partial charge in [-0.25, -0.2) is 0 Å². The second-order valence-electron chi connectivity index (χ2n) is 3.06. The Hall–Kier alpha value is -0.520. The molecule has 0 atom stereocenters. The van der Waals surface area contributed by atoms with Crippen molar-refractivity contribution in [3.05, 3.63) is 54.4 Å². The molecule has 0 spiro atoms. The van der Waals surface area contributed by atoms with E-state index < -0.39 is 0 Å². The summed E-state index contributed by atoms with van der Waals surface area (Å²) < 4.78 is 0. The highest BCUT2D eigenvalue weighted by molar-refractivity contribution is 5.65. The van der Waals surface area contributed by atoms with Crippen molar-refractivity contribution in [2.24, 2.45) is 0 Å². The van der Waals surface area contributed by atoms with Crippen molar-refractivity contribution in [1.29, 1.82) is 0 Å². The van der Waals surface area contributed by atoms with Crippen LogP contribution in [0.3, 0.4) is 0 Å². The molecule has 0 amide bonds. The van der Waals surface area contributed by atoms with Gasteiger partial charge >= 0.3 is 0 Å². The molecule has 11 heavy (non-hydrogen) atoms. The highest BCUT2D eigenvalue weighted by Crippen LogP contribution is 2.48. The van der Waals surface area contributed by atoms with E-state index in [4.69, 9.17) is 0 Å². The maximum absolute atomic E-state index is 2.24. The molecule has 1 saturated carbocycles. The topological polar surface area (TPSA) is 0 Å². The fourth-order valence-corrected chi connectivity index (χ4v) is 1.65. The fourth-order valence-electron chi connectivity index (χ4n) is 1.65. The minimum atomic E-state index is 1.39. The van der Waals surface area contributed by atoms with Crippen LogP contribution >= 0.6 is 0 Å². The van der Waals surface area contributed by atoms with Gasteiger partial charge in [0, 0.05) is 11.8 Å². The summed E-state index contributed by atoms with van der Waals surface area (Å²) in [5.41, 5.74) is 0. The van der Waals surface area contributed by atoms with Gasteiger partial charge in [-0.15, -0.1) is 0 Å². The Morgan fingerprint density at radius 1 is 0.818 bits per heavy atom. The maximum atomic E-state index is 2.24. The average molecular weight is 143 g/mol. The first kappa shape index (κ1) is 7.15. The van der Waals surface area contributed by atoms with Gasteiger partial charge in [0.05, 0.1) is 0 Å². The largest absolute Gasteiger partial charge is 0.0759 e. The molecular weight excluding hydrogens is 132 g/mol. The number of fused-ring (bicyclic) bond motifs is 1. The molecule has 0 aromatic heterocycles. The Bertz CT molecular complexity index is 178. The third kappa shape index (κ3) is 1.05. The lowest BCUT2D eigenvalue weighted by Gasteiger charge is -2.18. The van der Waals surface area contributed by atoms with Gasteiger partial charge in [-0.05, 0) is 18.3 Å². The van der Waals surface area contributed by atoms with E-state index in [0.29, 0.717) is 0 Å². The molecule has 0 unspecified atom stereocenters. The SMILES string of the molecule is C[C]1[CH][C](C)[C]2C=CC=C[C]12. The molecule has 0 nitrogen and oxygen atoms in total. The zero-order chi connectivity index (χ0) is 7.84. The molecule has 0 heterocycles. The molecule has 2 aliphatic rings. The Kier molecular flexibility index (Phi) is 1.63. The normalized spacial score (nSPS) is 28.2. The van der Waals surface area contributed by atoms with Crippen LogP contribution in [-0.4, -0.2) is 0 Å². The second-order valence-corrected chi connectivity index (χ2v) is 3.06. The van der Waals surface area contributed by atoms with E-state index in [-0.39, 0.29) is 0 Å². The van der Waals surface area contributed by atoms with Crippen LogP contribution in [0.1, 0.15) is 13.8 Å². The van der Waals surface area contributed by atoms with Crippen molar-refractivity contribution in [3.8, 4) is 0 Å². The number of hydrogen-bond acceptors (Lipinski definition) is 0. The molecular formula is C11H11. The summed E-state index contributed by atoms with van der Waals surface area (Å²) in [6.07, 6.45) is 10.8. The predicted molar refractivity (Wildman–Crippen MR) is 46.9 cm³/mol. The van der Waals surface area contributed by atoms with Gasteiger partial charge in [-0.2, -0.15) is 0 Å². The molecule has 1 fully saturated rings. The quantitative estimate of drug-likeness (QED) is 0.489. The van der Waals surface area contributed by atoms with Crippen LogP contribution in [-0.2, 0) is 0 Å². The zero-order valence-electron chi connectivity index (χ0n) is 6.89. The first-order valence-electron chi connectivity index (χ1n) is 3.90. The van der Waals surface area contributed by atoms with Crippen molar-refractivity contribution in [2.75, 3.05) is 0 Å². The number of rotatable bonds is 0. The lowest BCUT2D eigenvalue weighted by Crippen LogP contribution is -2.06. The monoisotopic (exact) mass is 143 g/mol. The zero-order valence-corrected chi connectivity index (χ0v) is 6.89. The minimum absolute atomic E-state index is 1.39. The summed E-state index contributed by atoms with van der Waals surface area (Å²) in [5.74, 6) is 5.56. The van der Waals surface area contributed by atoms with Crippen LogP contribution in [0.4, 0.5) is 0 Å². The van der Waals surface area contributed by atoms with E-state index in [1.54, 1.807) is 0 Å².